The van der Waals surface area contributed by atoms with Crippen LogP contribution in [0.25, 0.3) is 0 Å². The Kier molecular flexibility index (Phi) is 2.44. The summed E-state index contributed by atoms with van der Waals surface area (Å²) in [5.41, 5.74) is 6.53. The third kappa shape index (κ3) is 2.15. The van der Waals surface area contributed by atoms with Crippen LogP contribution in [0.5, 0.6) is 0 Å². The lowest BCUT2D eigenvalue weighted by molar-refractivity contribution is 0.0950. The van der Waals surface area contributed by atoms with Gasteiger partial charge in [-0.1, -0.05) is 0 Å². The van der Waals surface area contributed by atoms with Gasteiger partial charge in [-0.05, 0) is 37.1 Å². The fraction of sp³-hybridized carbons (Fsp3) is 0.364. The van der Waals surface area contributed by atoms with Gasteiger partial charge in [-0.2, -0.15) is 0 Å². The topological polar surface area (TPSA) is 55.1 Å². The SMILES string of the molecule is Cc1cc(C(=O)NC2CC2N)ccc1F. The van der Waals surface area contributed by atoms with Crippen LogP contribution in [0.2, 0.25) is 0 Å². The van der Waals surface area contributed by atoms with Gasteiger partial charge in [0, 0.05) is 17.6 Å². The van der Waals surface area contributed by atoms with Gasteiger partial charge in [-0.3, -0.25) is 4.79 Å². The fourth-order valence-electron chi connectivity index (χ4n) is 1.42. The molecule has 1 saturated carbocycles. The molecular formula is C11H13FN2O. The van der Waals surface area contributed by atoms with Gasteiger partial charge >= 0.3 is 0 Å². The van der Waals surface area contributed by atoms with E-state index in [1.54, 1.807) is 13.0 Å². The van der Waals surface area contributed by atoms with Crippen LogP contribution in [0.15, 0.2) is 18.2 Å². The van der Waals surface area contributed by atoms with Gasteiger partial charge in [0.05, 0.1) is 0 Å². The number of aryl methyl sites for hydroxylation is 1. The third-order valence-electron chi connectivity index (χ3n) is 2.58. The summed E-state index contributed by atoms with van der Waals surface area (Å²) < 4.78 is 12.9. The van der Waals surface area contributed by atoms with Crippen molar-refractivity contribution in [3.05, 3.63) is 35.1 Å². The molecule has 0 aromatic heterocycles. The van der Waals surface area contributed by atoms with Crippen molar-refractivity contribution >= 4 is 5.91 Å². The Bertz CT molecular complexity index is 406. The molecule has 1 aliphatic carbocycles. The summed E-state index contributed by atoms with van der Waals surface area (Å²) in [7, 11) is 0. The van der Waals surface area contributed by atoms with Crippen molar-refractivity contribution in [3.8, 4) is 0 Å². The highest BCUT2D eigenvalue weighted by atomic mass is 19.1. The van der Waals surface area contributed by atoms with Gasteiger partial charge in [0.25, 0.3) is 5.91 Å². The zero-order chi connectivity index (χ0) is 11.0. The second-order valence-electron chi connectivity index (χ2n) is 3.94. The lowest BCUT2D eigenvalue weighted by atomic mass is 10.1. The molecular weight excluding hydrogens is 195 g/mol. The van der Waals surface area contributed by atoms with Crippen molar-refractivity contribution < 1.29 is 9.18 Å². The number of benzene rings is 1. The molecule has 1 aliphatic rings. The van der Waals surface area contributed by atoms with E-state index in [4.69, 9.17) is 5.73 Å². The molecule has 1 aromatic rings. The minimum absolute atomic E-state index is 0.0792. The molecule has 1 fully saturated rings. The number of nitrogens with one attached hydrogen (secondary N) is 1. The fourth-order valence-corrected chi connectivity index (χ4v) is 1.42. The molecule has 0 aliphatic heterocycles. The van der Waals surface area contributed by atoms with Crippen molar-refractivity contribution in [2.24, 2.45) is 5.73 Å². The molecule has 0 spiro atoms. The second kappa shape index (κ2) is 3.62. The number of nitrogens with two attached hydrogens (primary N) is 1. The maximum Gasteiger partial charge on any atom is 0.251 e. The number of halogens is 1. The van der Waals surface area contributed by atoms with E-state index in [-0.39, 0.29) is 23.8 Å². The van der Waals surface area contributed by atoms with Crippen LogP contribution in [0.3, 0.4) is 0 Å². The summed E-state index contributed by atoms with van der Waals surface area (Å²) >= 11 is 0. The van der Waals surface area contributed by atoms with Gasteiger partial charge in [-0.15, -0.1) is 0 Å². The summed E-state index contributed by atoms with van der Waals surface area (Å²) in [6.45, 7) is 1.63. The first-order chi connectivity index (χ1) is 7.08. The molecule has 4 heteroatoms. The summed E-state index contributed by atoms with van der Waals surface area (Å²) in [5, 5.41) is 2.78. The Morgan fingerprint density at radius 2 is 2.27 bits per heavy atom. The Morgan fingerprint density at radius 3 is 2.80 bits per heavy atom. The molecule has 80 valence electrons. The molecule has 0 bridgehead atoms. The Hall–Kier alpha value is -1.42. The Balaban J connectivity index is 2.08. The Morgan fingerprint density at radius 1 is 1.60 bits per heavy atom. The zero-order valence-electron chi connectivity index (χ0n) is 8.46. The third-order valence-corrected chi connectivity index (χ3v) is 2.58. The van der Waals surface area contributed by atoms with Crippen molar-refractivity contribution in [2.45, 2.75) is 25.4 Å². The van der Waals surface area contributed by atoms with E-state index in [9.17, 15) is 9.18 Å². The van der Waals surface area contributed by atoms with Gasteiger partial charge in [-0.25, -0.2) is 4.39 Å². The average molecular weight is 208 g/mol. The maximum absolute atomic E-state index is 12.9. The van der Waals surface area contributed by atoms with E-state index in [0.717, 1.165) is 6.42 Å². The van der Waals surface area contributed by atoms with Crippen molar-refractivity contribution in [2.75, 3.05) is 0 Å². The molecule has 15 heavy (non-hydrogen) atoms. The molecule has 1 aromatic carbocycles. The smallest absolute Gasteiger partial charge is 0.251 e. The maximum atomic E-state index is 12.9. The van der Waals surface area contributed by atoms with Crippen LogP contribution in [-0.4, -0.2) is 18.0 Å². The zero-order valence-corrected chi connectivity index (χ0v) is 8.46. The predicted octanol–water partition coefficient (Wildman–Crippen LogP) is 0.964. The number of hydrogen-bond acceptors (Lipinski definition) is 2. The molecule has 0 heterocycles. The predicted molar refractivity (Wildman–Crippen MR) is 55.0 cm³/mol. The molecule has 1 amide bonds. The van der Waals surface area contributed by atoms with Crippen LogP contribution in [0.4, 0.5) is 4.39 Å². The number of rotatable bonds is 2. The summed E-state index contributed by atoms with van der Waals surface area (Å²) in [6, 6.07) is 4.49. The normalized spacial score (nSPS) is 23.7. The molecule has 0 radical (unpaired) electrons. The molecule has 3 N–H and O–H groups in total. The molecule has 2 rings (SSSR count). The second-order valence-corrected chi connectivity index (χ2v) is 3.94. The minimum Gasteiger partial charge on any atom is -0.348 e. The lowest BCUT2D eigenvalue weighted by Crippen LogP contribution is -2.29. The molecule has 3 nitrogen and oxygen atoms in total. The quantitative estimate of drug-likeness (QED) is 0.760. The van der Waals surface area contributed by atoms with E-state index < -0.39 is 0 Å². The van der Waals surface area contributed by atoms with E-state index in [2.05, 4.69) is 5.32 Å². The van der Waals surface area contributed by atoms with Crippen LogP contribution >= 0.6 is 0 Å². The average Bonchev–Trinajstić information content (AvgIpc) is 2.86. The molecule has 2 unspecified atom stereocenters. The number of carbonyl (C=O) groups excluding carboxylic acids is 1. The standard InChI is InChI=1S/C11H13FN2O/c1-6-4-7(2-3-8(6)12)11(15)14-10-5-9(10)13/h2-4,9-10H,5,13H2,1H3,(H,14,15). The van der Waals surface area contributed by atoms with E-state index in [1.807, 2.05) is 0 Å². The van der Waals surface area contributed by atoms with Crippen molar-refractivity contribution in [1.29, 1.82) is 0 Å². The largest absolute Gasteiger partial charge is 0.348 e. The number of carbonyl (C=O) groups is 1. The first-order valence-electron chi connectivity index (χ1n) is 4.90. The monoisotopic (exact) mass is 208 g/mol. The van der Waals surface area contributed by atoms with Gasteiger partial charge in [0.2, 0.25) is 0 Å². The van der Waals surface area contributed by atoms with Crippen LogP contribution in [0.1, 0.15) is 22.3 Å². The lowest BCUT2D eigenvalue weighted by Gasteiger charge is -2.04. The van der Waals surface area contributed by atoms with Crippen molar-refractivity contribution in [1.82, 2.24) is 5.32 Å². The summed E-state index contributed by atoms with van der Waals surface area (Å²) in [4.78, 5) is 11.6. The molecule has 0 saturated heterocycles. The van der Waals surface area contributed by atoms with Gasteiger partial charge in [0.1, 0.15) is 5.82 Å². The van der Waals surface area contributed by atoms with E-state index >= 15 is 0 Å². The van der Waals surface area contributed by atoms with Crippen LogP contribution < -0.4 is 11.1 Å². The molecule has 2 atom stereocenters. The van der Waals surface area contributed by atoms with Crippen molar-refractivity contribution in [3.63, 3.8) is 0 Å². The minimum atomic E-state index is -0.297. The van der Waals surface area contributed by atoms with E-state index in [1.165, 1.54) is 12.1 Å². The van der Waals surface area contributed by atoms with Crippen LogP contribution in [0, 0.1) is 12.7 Å². The van der Waals surface area contributed by atoms with Crippen LogP contribution in [-0.2, 0) is 0 Å². The number of amides is 1. The highest BCUT2D eigenvalue weighted by Crippen LogP contribution is 2.18. The summed E-state index contributed by atoms with van der Waals surface area (Å²) in [5.74, 6) is -0.481. The number of hydrogen-bond donors (Lipinski definition) is 2. The van der Waals surface area contributed by atoms with Gasteiger partial charge in [0.15, 0.2) is 0 Å². The highest BCUT2D eigenvalue weighted by molar-refractivity contribution is 5.94. The Labute approximate surface area is 87.5 Å². The van der Waals surface area contributed by atoms with E-state index in [0.29, 0.717) is 11.1 Å². The highest BCUT2D eigenvalue weighted by Gasteiger charge is 2.34. The van der Waals surface area contributed by atoms with Gasteiger partial charge < -0.3 is 11.1 Å². The first kappa shape index (κ1) is 10.1. The summed E-state index contributed by atoms with van der Waals surface area (Å²) in [6.07, 6.45) is 0.825. The first-order valence-corrected chi connectivity index (χ1v) is 4.90.